The lowest BCUT2D eigenvalue weighted by atomic mass is 10.2. The van der Waals surface area contributed by atoms with E-state index in [0.717, 1.165) is 0 Å². The number of hydrogen-bond acceptors (Lipinski definition) is 6. The van der Waals surface area contributed by atoms with Crippen molar-refractivity contribution in [1.29, 1.82) is 0 Å². The highest BCUT2D eigenvalue weighted by Gasteiger charge is 2.29. The van der Waals surface area contributed by atoms with Gasteiger partial charge in [-0.3, -0.25) is 4.79 Å². The molecule has 1 atom stereocenters. The van der Waals surface area contributed by atoms with E-state index in [1.807, 2.05) is 0 Å². The molecule has 1 N–H and O–H groups in total. The van der Waals surface area contributed by atoms with E-state index in [2.05, 4.69) is 10.3 Å². The van der Waals surface area contributed by atoms with Gasteiger partial charge in [0.1, 0.15) is 23.1 Å². The van der Waals surface area contributed by atoms with Gasteiger partial charge in [0.25, 0.3) is 5.91 Å². The van der Waals surface area contributed by atoms with E-state index in [4.69, 9.17) is 16.3 Å². The molecule has 9 heteroatoms. The second kappa shape index (κ2) is 7.08. The first-order chi connectivity index (χ1) is 11.4. The molecular formula is C15H15ClN2O4S2. The van der Waals surface area contributed by atoms with Crippen molar-refractivity contribution in [1.82, 2.24) is 10.3 Å². The van der Waals surface area contributed by atoms with Crippen LogP contribution in [0.1, 0.15) is 21.9 Å². The molecule has 1 saturated heterocycles. The SMILES string of the molecule is O=C(N[C@@H]1CCS(=O)(=O)C1)c1csc(COc2ccc(Cl)cc2)n1. The Morgan fingerprint density at radius 2 is 2.12 bits per heavy atom. The van der Waals surface area contributed by atoms with Gasteiger partial charge in [-0.2, -0.15) is 0 Å². The average Bonchev–Trinajstić information content (AvgIpc) is 3.13. The number of rotatable bonds is 5. The van der Waals surface area contributed by atoms with Crippen molar-refractivity contribution in [2.24, 2.45) is 0 Å². The maximum Gasteiger partial charge on any atom is 0.271 e. The Morgan fingerprint density at radius 3 is 2.79 bits per heavy atom. The van der Waals surface area contributed by atoms with Crippen LogP contribution in [0.3, 0.4) is 0 Å². The fraction of sp³-hybridized carbons (Fsp3) is 0.333. The summed E-state index contributed by atoms with van der Waals surface area (Å²) in [4.78, 5) is 16.3. The Kier molecular flexibility index (Phi) is 5.07. The van der Waals surface area contributed by atoms with Gasteiger partial charge >= 0.3 is 0 Å². The first kappa shape index (κ1) is 17.2. The Balaban J connectivity index is 1.55. The molecule has 3 rings (SSSR count). The number of thiazole rings is 1. The first-order valence-corrected chi connectivity index (χ1v) is 10.3. The molecule has 0 unspecified atom stereocenters. The number of hydrogen-bond donors (Lipinski definition) is 1. The summed E-state index contributed by atoms with van der Waals surface area (Å²) in [5.74, 6) is 0.424. The highest BCUT2D eigenvalue weighted by molar-refractivity contribution is 7.91. The molecule has 0 spiro atoms. The van der Waals surface area contributed by atoms with E-state index in [1.54, 1.807) is 29.6 Å². The Bertz CT molecular complexity index is 833. The van der Waals surface area contributed by atoms with Crippen LogP contribution >= 0.6 is 22.9 Å². The van der Waals surface area contributed by atoms with Crippen molar-refractivity contribution >= 4 is 38.7 Å². The first-order valence-electron chi connectivity index (χ1n) is 7.25. The van der Waals surface area contributed by atoms with Gasteiger partial charge in [0, 0.05) is 16.4 Å². The largest absolute Gasteiger partial charge is 0.486 e. The number of carbonyl (C=O) groups is 1. The molecule has 24 heavy (non-hydrogen) atoms. The molecule has 0 saturated carbocycles. The molecule has 1 fully saturated rings. The van der Waals surface area contributed by atoms with Crippen LogP contribution in [0.4, 0.5) is 0 Å². The topological polar surface area (TPSA) is 85.4 Å². The van der Waals surface area contributed by atoms with Crippen LogP contribution in [0.5, 0.6) is 5.75 Å². The summed E-state index contributed by atoms with van der Waals surface area (Å²) in [7, 11) is -3.02. The Morgan fingerprint density at radius 1 is 1.38 bits per heavy atom. The number of sulfone groups is 1. The van der Waals surface area contributed by atoms with Gasteiger partial charge in [0.2, 0.25) is 0 Å². The number of amides is 1. The standard InChI is InChI=1S/C15H15ClN2O4S2/c16-10-1-3-12(4-2-10)22-7-14-18-13(8-23-14)15(19)17-11-5-6-24(20,21)9-11/h1-4,8,11H,5-7,9H2,(H,17,19)/t11-/m1/s1. The number of benzene rings is 1. The van der Waals surface area contributed by atoms with Crippen molar-refractivity contribution in [3.63, 3.8) is 0 Å². The maximum atomic E-state index is 12.1. The normalized spacial score (nSPS) is 19.1. The molecule has 6 nitrogen and oxygen atoms in total. The third-order valence-electron chi connectivity index (χ3n) is 3.53. The minimum absolute atomic E-state index is 0.00455. The van der Waals surface area contributed by atoms with Crippen LogP contribution < -0.4 is 10.1 Å². The molecule has 1 aliphatic rings. The van der Waals surface area contributed by atoms with Crippen molar-refractivity contribution in [3.05, 3.63) is 45.4 Å². The number of carbonyl (C=O) groups excluding carboxylic acids is 1. The van der Waals surface area contributed by atoms with Gasteiger partial charge in [0.05, 0.1) is 11.5 Å². The summed E-state index contributed by atoms with van der Waals surface area (Å²) in [6, 6.07) is 6.63. The van der Waals surface area contributed by atoms with E-state index in [9.17, 15) is 13.2 Å². The third kappa shape index (κ3) is 4.46. The fourth-order valence-corrected chi connectivity index (χ4v) is 4.81. The zero-order chi connectivity index (χ0) is 17.2. The van der Waals surface area contributed by atoms with Crippen molar-refractivity contribution in [2.75, 3.05) is 11.5 Å². The van der Waals surface area contributed by atoms with E-state index in [1.165, 1.54) is 11.3 Å². The van der Waals surface area contributed by atoms with Gasteiger partial charge in [-0.25, -0.2) is 13.4 Å². The summed E-state index contributed by atoms with van der Waals surface area (Å²) >= 11 is 7.12. The van der Waals surface area contributed by atoms with Crippen LogP contribution in [-0.4, -0.2) is 36.9 Å². The molecule has 0 aliphatic carbocycles. The quantitative estimate of drug-likeness (QED) is 0.852. The highest BCUT2D eigenvalue weighted by atomic mass is 35.5. The van der Waals surface area contributed by atoms with Crippen LogP contribution in [0, 0.1) is 0 Å². The van der Waals surface area contributed by atoms with Crippen LogP contribution in [0.2, 0.25) is 5.02 Å². The summed E-state index contributed by atoms with van der Waals surface area (Å²) in [6.07, 6.45) is 0.449. The number of ether oxygens (including phenoxy) is 1. The summed E-state index contributed by atoms with van der Waals surface area (Å²) < 4.78 is 28.4. The molecule has 128 valence electrons. The predicted molar refractivity (Wildman–Crippen MR) is 92.4 cm³/mol. The van der Waals surface area contributed by atoms with Crippen LogP contribution in [0.15, 0.2) is 29.6 Å². The summed E-state index contributed by atoms with van der Waals surface area (Å²) in [5.41, 5.74) is 0.277. The number of nitrogens with zero attached hydrogens (tertiary/aromatic N) is 1. The third-order valence-corrected chi connectivity index (χ3v) is 6.37. The van der Waals surface area contributed by atoms with Crippen molar-refractivity contribution in [3.8, 4) is 5.75 Å². The zero-order valence-corrected chi connectivity index (χ0v) is 15.0. The van der Waals surface area contributed by atoms with Gasteiger partial charge < -0.3 is 10.1 Å². The lowest BCUT2D eigenvalue weighted by Crippen LogP contribution is -2.35. The molecule has 1 amide bonds. The average molecular weight is 387 g/mol. The van der Waals surface area contributed by atoms with E-state index >= 15 is 0 Å². The highest BCUT2D eigenvalue weighted by Crippen LogP contribution is 2.18. The molecule has 1 aromatic heterocycles. The fourth-order valence-electron chi connectivity index (χ4n) is 2.33. The smallest absolute Gasteiger partial charge is 0.271 e. The van der Waals surface area contributed by atoms with Gasteiger partial charge in [-0.05, 0) is 30.7 Å². The van der Waals surface area contributed by atoms with Gasteiger partial charge in [0.15, 0.2) is 9.84 Å². The lowest BCUT2D eigenvalue weighted by Gasteiger charge is -2.08. The molecule has 2 heterocycles. The zero-order valence-electron chi connectivity index (χ0n) is 12.6. The molecule has 0 radical (unpaired) electrons. The Hall–Kier alpha value is -1.64. The summed E-state index contributed by atoms with van der Waals surface area (Å²) in [6.45, 7) is 0.247. The molecular weight excluding hydrogens is 372 g/mol. The number of nitrogens with one attached hydrogen (secondary N) is 1. The van der Waals surface area contributed by atoms with Gasteiger partial charge in [-0.1, -0.05) is 11.6 Å². The molecule has 2 aromatic rings. The van der Waals surface area contributed by atoms with E-state index < -0.39 is 9.84 Å². The van der Waals surface area contributed by atoms with Crippen LogP contribution in [0.25, 0.3) is 0 Å². The van der Waals surface area contributed by atoms with Crippen molar-refractivity contribution < 1.29 is 17.9 Å². The van der Waals surface area contributed by atoms with Crippen molar-refractivity contribution in [2.45, 2.75) is 19.1 Å². The second-order valence-corrected chi connectivity index (χ2v) is 9.05. The lowest BCUT2D eigenvalue weighted by molar-refractivity contribution is 0.0936. The minimum atomic E-state index is -3.02. The Labute approximate surface area is 148 Å². The monoisotopic (exact) mass is 386 g/mol. The predicted octanol–water partition coefficient (Wildman–Crippen LogP) is 2.29. The molecule has 1 aliphatic heterocycles. The van der Waals surface area contributed by atoms with Gasteiger partial charge in [-0.15, -0.1) is 11.3 Å². The van der Waals surface area contributed by atoms with E-state index in [0.29, 0.717) is 22.2 Å². The number of aromatic nitrogens is 1. The molecule has 1 aromatic carbocycles. The van der Waals surface area contributed by atoms with Crippen LogP contribution in [-0.2, 0) is 16.4 Å². The molecule has 0 bridgehead atoms. The van der Waals surface area contributed by atoms with E-state index in [-0.39, 0.29) is 35.8 Å². The maximum absolute atomic E-state index is 12.1. The second-order valence-electron chi connectivity index (χ2n) is 5.44. The summed E-state index contributed by atoms with van der Waals surface area (Å²) in [5, 5.41) is 5.64. The number of halogens is 1. The minimum Gasteiger partial charge on any atom is -0.486 e.